The van der Waals surface area contributed by atoms with Crippen LogP contribution in [0.1, 0.15) is 64.9 Å². The first-order valence-electron chi connectivity index (χ1n) is 11.1. The Morgan fingerprint density at radius 1 is 0.935 bits per heavy atom. The molecule has 4 rings (SSSR count). The highest BCUT2D eigenvalue weighted by Crippen LogP contribution is 2.55. The van der Waals surface area contributed by atoms with Gasteiger partial charge in [-0.05, 0) is 29.7 Å². The van der Waals surface area contributed by atoms with Gasteiger partial charge < -0.3 is 14.7 Å². The van der Waals surface area contributed by atoms with Crippen LogP contribution in [-0.2, 0) is 14.3 Å². The van der Waals surface area contributed by atoms with Gasteiger partial charge in [0.05, 0.1) is 6.61 Å². The molecule has 0 fully saturated rings. The van der Waals surface area contributed by atoms with E-state index in [4.69, 9.17) is 4.74 Å². The van der Waals surface area contributed by atoms with Gasteiger partial charge in [-0.25, -0.2) is 0 Å². The third-order valence-corrected chi connectivity index (χ3v) is 6.79. The highest BCUT2D eigenvalue weighted by atomic mass is 16.5. The Morgan fingerprint density at radius 3 is 1.94 bits per heavy atom. The summed E-state index contributed by atoms with van der Waals surface area (Å²) in [6.45, 7) is 9.61. The van der Waals surface area contributed by atoms with Gasteiger partial charge in [-0.3, -0.25) is 9.59 Å². The highest BCUT2D eigenvalue weighted by Gasteiger charge is 2.49. The molecule has 2 aliphatic carbocycles. The van der Waals surface area contributed by atoms with Crippen molar-refractivity contribution in [3.63, 3.8) is 0 Å². The minimum Gasteiger partial charge on any atom is -0.508 e. The molecular formula is C26H33NO4. The van der Waals surface area contributed by atoms with Crippen LogP contribution in [0.3, 0.4) is 0 Å². The molecule has 5 heteroatoms. The molecule has 0 atom stereocenters. The molecular weight excluding hydrogens is 390 g/mol. The number of para-hydroxylation sites is 1. The Hall–Kier alpha value is -2.40. The molecule has 0 bridgehead atoms. The average molecular weight is 424 g/mol. The van der Waals surface area contributed by atoms with Crippen molar-refractivity contribution in [2.45, 2.75) is 59.3 Å². The van der Waals surface area contributed by atoms with E-state index in [1.807, 2.05) is 12.1 Å². The van der Waals surface area contributed by atoms with Gasteiger partial charge in [0.2, 0.25) is 0 Å². The molecule has 0 saturated carbocycles. The van der Waals surface area contributed by atoms with Crippen molar-refractivity contribution < 1.29 is 19.4 Å². The van der Waals surface area contributed by atoms with Crippen LogP contribution in [0.15, 0.2) is 46.8 Å². The maximum absolute atomic E-state index is 13.5. The van der Waals surface area contributed by atoms with E-state index in [9.17, 15) is 14.7 Å². The van der Waals surface area contributed by atoms with Gasteiger partial charge in [0.1, 0.15) is 5.75 Å². The highest BCUT2D eigenvalue weighted by molar-refractivity contribution is 6.07. The number of aromatic hydroxyl groups is 1. The molecule has 1 aromatic carbocycles. The number of hydrogen-bond acceptors (Lipinski definition) is 5. The van der Waals surface area contributed by atoms with Gasteiger partial charge in [-0.2, -0.15) is 0 Å². The fraction of sp³-hybridized carbons (Fsp3) is 0.538. The summed E-state index contributed by atoms with van der Waals surface area (Å²) in [5.74, 6) is -0.221. The first-order valence-corrected chi connectivity index (χ1v) is 11.1. The van der Waals surface area contributed by atoms with Crippen molar-refractivity contribution in [1.82, 2.24) is 4.90 Å². The molecule has 0 aromatic heterocycles. The van der Waals surface area contributed by atoms with Gasteiger partial charge in [0.25, 0.3) is 0 Å². The minimum atomic E-state index is -0.503. The van der Waals surface area contributed by atoms with Crippen LogP contribution in [-0.4, -0.2) is 41.8 Å². The molecule has 3 aliphatic rings. The lowest BCUT2D eigenvalue weighted by atomic mass is 9.63. The predicted molar refractivity (Wildman–Crippen MR) is 120 cm³/mol. The van der Waals surface area contributed by atoms with Crippen molar-refractivity contribution in [2.75, 3.05) is 20.3 Å². The topological polar surface area (TPSA) is 66.8 Å². The average Bonchev–Trinajstić information content (AvgIpc) is 2.64. The molecule has 1 aliphatic heterocycles. The summed E-state index contributed by atoms with van der Waals surface area (Å²) in [7, 11) is 1.67. The Balaban J connectivity index is 1.99. The third-order valence-electron chi connectivity index (χ3n) is 6.79. The molecule has 1 aromatic rings. The van der Waals surface area contributed by atoms with E-state index >= 15 is 0 Å². The van der Waals surface area contributed by atoms with Crippen molar-refractivity contribution >= 4 is 11.6 Å². The number of benzene rings is 1. The van der Waals surface area contributed by atoms with Crippen LogP contribution in [0.4, 0.5) is 0 Å². The van der Waals surface area contributed by atoms with Crippen LogP contribution < -0.4 is 0 Å². The summed E-state index contributed by atoms with van der Waals surface area (Å²) in [5, 5.41) is 10.7. The summed E-state index contributed by atoms with van der Waals surface area (Å²) in [5.41, 5.74) is 3.70. The molecule has 1 heterocycles. The molecule has 5 nitrogen and oxygen atoms in total. The number of ketones is 2. The summed E-state index contributed by atoms with van der Waals surface area (Å²) < 4.78 is 5.40. The Bertz CT molecular complexity index is 944. The van der Waals surface area contributed by atoms with Gasteiger partial charge in [0, 0.05) is 60.5 Å². The van der Waals surface area contributed by atoms with Gasteiger partial charge in [-0.15, -0.1) is 0 Å². The van der Waals surface area contributed by atoms with Crippen LogP contribution >= 0.6 is 0 Å². The van der Waals surface area contributed by atoms with Crippen LogP contribution in [0.5, 0.6) is 5.75 Å². The zero-order chi connectivity index (χ0) is 22.6. The SMILES string of the molecule is COCCN1C2=C(C(=O)CC(C)(C)C2)C(c2ccccc2O)C2=C1CC(C)(C)CC2=O. The van der Waals surface area contributed by atoms with Crippen molar-refractivity contribution in [3.05, 3.63) is 52.4 Å². The Morgan fingerprint density at radius 2 is 1.45 bits per heavy atom. The molecule has 0 radical (unpaired) electrons. The molecule has 0 saturated heterocycles. The van der Waals surface area contributed by atoms with Gasteiger partial charge in [-0.1, -0.05) is 45.9 Å². The number of rotatable bonds is 4. The second kappa shape index (κ2) is 7.63. The number of ether oxygens (including phenoxy) is 1. The number of Topliss-reactive ketones (excluding diaryl/α,β-unsaturated/α-hetero) is 2. The van der Waals surface area contributed by atoms with Crippen molar-refractivity contribution in [3.8, 4) is 5.75 Å². The summed E-state index contributed by atoms with van der Waals surface area (Å²) >= 11 is 0. The normalized spacial score (nSPS) is 23.2. The van der Waals surface area contributed by atoms with Crippen LogP contribution in [0.2, 0.25) is 0 Å². The van der Waals surface area contributed by atoms with E-state index in [1.54, 1.807) is 19.2 Å². The van der Waals surface area contributed by atoms with E-state index in [0.29, 0.717) is 42.7 Å². The van der Waals surface area contributed by atoms with Crippen molar-refractivity contribution in [1.29, 1.82) is 0 Å². The molecule has 31 heavy (non-hydrogen) atoms. The second-order valence-corrected chi connectivity index (χ2v) is 10.7. The molecule has 1 N–H and O–H groups in total. The first kappa shape index (κ1) is 21.8. The summed E-state index contributed by atoms with van der Waals surface area (Å²) in [6.07, 6.45) is 2.40. The molecule has 0 amide bonds. The third kappa shape index (κ3) is 3.84. The maximum Gasteiger partial charge on any atom is 0.162 e. The predicted octanol–water partition coefficient (Wildman–Crippen LogP) is 4.72. The van der Waals surface area contributed by atoms with E-state index < -0.39 is 5.92 Å². The second-order valence-electron chi connectivity index (χ2n) is 10.7. The fourth-order valence-corrected chi connectivity index (χ4v) is 5.54. The van der Waals surface area contributed by atoms with Gasteiger partial charge in [0.15, 0.2) is 11.6 Å². The first-order chi connectivity index (χ1) is 14.5. The number of carbonyl (C=O) groups is 2. The Kier molecular flexibility index (Phi) is 5.37. The van der Waals surface area contributed by atoms with Crippen LogP contribution in [0, 0.1) is 10.8 Å². The molecule has 0 unspecified atom stereocenters. The van der Waals surface area contributed by atoms with E-state index in [-0.39, 0.29) is 28.1 Å². The lowest BCUT2D eigenvalue weighted by Gasteiger charge is -2.49. The van der Waals surface area contributed by atoms with E-state index in [2.05, 4.69) is 32.6 Å². The quantitative estimate of drug-likeness (QED) is 0.759. The summed E-state index contributed by atoms with van der Waals surface area (Å²) in [6, 6.07) is 7.12. The van der Waals surface area contributed by atoms with Gasteiger partial charge >= 0.3 is 0 Å². The zero-order valence-electron chi connectivity index (χ0n) is 19.2. The largest absolute Gasteiger partial charge is 0.508 e. The number of allylic oxidation sites excluding steroid dienone is 4. The van der Waals surface area contributed by atoms with E-state index in [1.165, 1.54) is 0 Å². The molecule has 166 valence electrons. The number of phenolic OH excluding ortho intramolecular Hbond substituents is 1. The standard InChI is InChI=1S/C26H33NO4/c1-25(2)12-17-23(20(29)14-25)22(16-8-6-7-9-19(16)28)24-18(27(17)10-11-31-5)13-26(3,4)15-21(24)30/h6-9,22,28H,10-15H2,1-5H3. The lowest BCUT2D eigenvalue weighted by Crippen LogP contribution is -2.45. The number of methoxy groups -OCH3 is 1. The zero-order valence-corrected chi connectivity index (χ0v) is 19.2. The minimum absolute atomic E-state index is 0.0751. The summed E-state index contributed by atoms with van der Waals surface area (Å²) in [4.78, 5) is 29.3. The maximum atomic E-state index is 13.5. The number of hydrogen-bond donors (Lipinski definition) is 1. The lowest BCUT2D eigenvalue weighted by molar-refractivity contribution is -0.119. The number of carbonyl (C=O) groups excluding carboxylic acids is 2. The number of nitrogens with zero attached hydrogens (tertiary/aromatic N) is 1. The van der Waals surface area contributed by atoms with Crippen LogP contribution in [0.25, 0.3) is 0 Å². The number of phenols is 1. The monoisotopic (exact) mass is 423 g/mol. The fourth-order valence-electron chi connectivity index (χ4n) is 5.54. The van der Waals surface area contributed by atoms with E-state index in [0.717, 1.165) is 24.2 Å². The molecule has 0 spiro atoms. The smallest absolute Gasteiger partial charge is 0.162 e. The Labute approximate surface area is 184 Å². The van der Waals surface area contributed by atoms with Crippen molar-refractivity contribution in [2.24, 2.45) is 10.8 Å².